The van der Waals surface area contributed by atoms with Crippen molar-refractivity contribution in [3.8, 4) is 0 Å². The Bertz CT molecular complexity index is 1020. The van der Waals surface area contributed by atoms with Crippen molar-refractivity contribution in [1.82, 2.24) is 19.6 Å². The second-order valence-corrected chi connectivity index (χ2v) is 7.06. The molecule has 1 saturated heterocycles. The summed E-state index contributed by atoms with van der Waals surface area (Å²) in [6.07, 6.45) is 0. The first-order valence-electron chi connectivity index (χ1n) is 9.37. The maximum atomic E-state index is 12.7. The second kappa shape index (κ2) is 7.34. The lowest BCUT2D eigenvalue weighted by Crippen LogP contribution is -2.51. The van der Waals surface area contributed by atoms with Gasteiger partial charge in [-0.05, 0) is 37.3 Å². The van der Waals surface area contributed by atoms with Crippen molar-refractivity contribution in [3.05, 3.63) is 59.8 Å². The first kappa shape index (κ1) is 18.0. The number of nitrogens with zero attached hydrogens (tertiary/aromatic N) is 4. The third-order valence-corrected chi connectivity index (χ3v) is 5.25. The maximum absolute atomic E-state index is 12.7. The van der Waals surface area contributed by atoms with Crippen LogP contribution >= 0.6 is 0 Å². The highest BCUT2D eigenvalue weighted by Crippen LogP contribution is 2.20. The Morgan fingerprint density at radius 1 is 1.00 bits per heavy atom. The molecule has 2 aromatic carbocycles. The number of rotatable bonds is 3. The van der Waals surface area contributed by atoms with Gasteiger partial charge in [-0.15, -0.1) is 0 Å². The van der Waals surface area contributed by atoms with Crippen LogP contribution in [0.5, 0.6) is 0 Å². The second-order valence-electron chi connectivity index (χ2n) is 7.06. The van der Waals surface area contributed by atoms with Gasteiger partial charge in [0.05, 0.1) is 5.52 Å². The summed E-state index contributed by atoms with van der Waals surface area (Å²) >= 11 is 0. The summed E-state index contributed by atoms with van der Waals surface area (Å²) in [5.74, 6) is 0.0233. The lowest BCUT2D eigenvalue weighted by atomic mass is 10.2. The Balaban J connectivity index is 1.39. The molecule has 0 saturated carbocycles. The van der Waals surface area contributed by atoms with Crippen molar-refractivity contribution in [2.45, 2.75) is 13.5 Å². The first-order chi connectivity index (χ1) is 13.5. The number of nitrogen functional groups attached to an aromatic ring is 1. The van der Waals surface area contributed by atoms with E-state index in [0.717, 1.165) is 16.6 Å². The van der Waals surface area contributed by atoms with Gasteiger partial charge in [0.15, 0.2) is 0 Å². The highest BCUT2D eigenvalue weighted by atomic mass is 16.2. The number of carbonyl (C=O) groups is 2. The molecule has 1 fully saturated rings. The van der Waals surface area contributed by atoms with E-state index < -0.39 is 0 Å². The molecule has 2 amide bonds. The molecular formula is C21H23N5O2. The van der Waals surface area contributed by atoms with E-state index in [1.165, 1.54) is 0 Å². The summed E-state index contributed by atoms with van der Waals surface area (Å²) in [6.45, 7) is 4.27. The van der Waals surface area contributed by atoms with Gasteiger partial charge in [-0.1, -0.05) is 18.2 Å². The third kappa shape index (κ3) is 3.43. The molecule has 0 unspecified atom stereocenters. The van der Waals surface area contributed by atoms with Crippen molar-refractivity contribution >= 4 is 28.4 Å². The number of hydrogen-bond donors (Lipinski definition) is 1. The number of carbonyl (C=O) groups excluding carboxylic acids is 2. The summed E-state index contributed by atoms with van der Waals surface area (Å²) in [7, 11) is 0. The number of nitrogens with two attached hydrogens (primary N) is 1. The largest absolute Gasteiger partial charge is 0.399 e. The Kier molecular flexibility index (Phi) is 4.73. The molecule has 2 N–H and O–H groups in total. The van der Waals surface area contributed by atoms with E-state index in [2.05, 4.69) is 5.10 Å². The average molecular weight is 377 g/mol. The molecule has 0 atom stereocenters. The van der Waals surface area contributed by atoms with Gasteiger partial charge in [-0.3, -0.25) is 14.3 Å². The van der Waals surface area contributed by atoms with Gasteiger partial charge >= 0.3 is 0 Å². The molecule has 4 rings (SSSR count). The molecule has 0 bridgehead atoms. The lowest BCUT2D eigenvalue weighted by molar-refractivity contribution is -0.133. The Morgan fingerprint density at radius 2 is 1.68 bits per heavy atom. The van der Waals surface area contributed by atoms with Crippen LogP contribution in [-0.4, -0.2) is 57.6 Å². The van der Waals surface area contributed by atoms with Crippen molar-refractivity contribution in [2.24, 2.45) is 0 Å². The normalized spacial score (nSPS) is 14.5. The number of amides is 2. The smallest absolute Gasteiger partial charge is 0.253 e. The zero-order valence-corrected chi connectivity index (χ0v) is 15.8. The number of anilines is 1. The van der Waals surface area contributed by atoms with Gasteiger partial charge in [0.2, 0.25) is 5.91 Å². The number of aromatic nitrogens is 2. The van der Waals surface area contributed by atoms with E-state index in [1.54, 1.807) is 14.5 Å². The molecule has 2 heterocycles. The summed E-state index contributed by atoms with van der Waals surface area (Å²) in [4.78, 5) is 28.9. The fraction of sp³-hybridized carbons (Fsp3) is 0.286. The quantitative estimate of drug-likeness (QED) is 0.707. The Labute approximate surface area is 163 Å². The van der Waals surface area contributed by atoms with Crippen LogP contribution in [0, 0.1) is 6.92 Å². The minimum atomic E-state index is 0.00990. The molecule has 1 aliphatic heterocycles. The van der Waals surface area contributed by atoms with Gasteiger partial charge in [-0.25, -0.2) is 0 Å². The molecule has 0 spiro atoms. The van der Waals surface area contributed by atoms with E-state index >= 15 is 0 Å². The van der Waals surface area contributed by atoms with E-state index in [9.17, 15) is 9.59 Å². The van der Waals surface area contributed by atoms with Crippen molar-refractivity contribution in [2.75, 3.05) is 31.9 Å². The van der Waals surface area contributed by atoms with Crippen LogP contribution in [0.25, 0.3) is 10.9 Å². The van der Waals surface area contributed by atoms with E-state index in [1.807, 2.05) is 55.5 Å². The van der Waals surface area contributed by atoms with E-state index in [4.69, 9.17) is 5.73 Å². The van der Waals surface area contributed by atoms with Crippen LogP contribution in [0.1, 0.15) is 16.1 Å². The summed E-state index contributed by atoms with van der Waals surface area (Å²) in [5.41, 5.74) is 8.97. The van der Waals surface area contributed by atoms with Crippen molar-refractivity contribution < 1.29 is 9.59 Å². The molecule has 0 aliphatic carbocycles. The van der Waals surface area contributed by atoms with Crippen molar-refractivity contribution in [1.29, 1.82) is 0 Å². The monoisotopic (exact) mass is 377 g/mol. The minimum Gasteiger partial charge on any atom is -0.399 e. The topological polar surface area (TPSA) is 84.5 Å². The molecule has 1 aromatic heterocycles. The standard InChI is InChI=1S/C21H23N5O2/c1-15-18-13-17(22)7-8-19(18)23-26(15)14-20(27)24-9-11-25(12-10-24)21(28)16-5-3-2-4-6-16/h2-8,13H,9-12,14,22H2,1H3. The molecule has 3 aromatic rings. The number of hydrogen-bond acceptors (Lipinski definition) is 4. The molecule has 0 radical (unpaired) electrons. The summed E-state index contributed by atoms with van der Waals surface area (Å²) in [6, 6.07) is 14.8. The fourth-order valence-corrected chi connectivity index (χ4v) is 3.58. The van der Waals surface area contributed by atoms with Crippen LogP contribution in [0.2, 0.25) is 0 Å². The van der Waals surface area contributed by atoms with E-state index in [0.29, 0.717) is 37.4 Å². The van der Waals surface area contributed by atoms with Crippen LogP contribution < -0.4 is 5.73 Å². The highest BCUT2D eigenvalue weighted by Gasteiger charge is 2.25. The Morgan fingerprint density at radius 3 is 2.39 bits per heavy atom. The molecule has 7 heteroatoms. The predicted octanol–water partition coefficient (Wildman–Crippen LogP) is 1.91. The molecule has 7 nitrogen and oxygen atoms in total. The molecule has 144 valence electrons. The van der Waals surface area contributed by atoms with Crippen LogP contribution in [0.3, 0.4) is 0 Å². The van der Waals surface area contributed by atoms with Gasteiger partial charge in [0.25, 0.3) is 5.91 Å². The number of fused-ring (bicyclic) bond motifs is 1. The first-order valence-corrected chi connectivity index (χ1v) is 9.37. The average Bonchev–Trinajstić information content (AvgIpc) is 3.03. The van der Waals surface area contributed by atoms with E-state index in [-0.39, 0.29) is 18.4 Å². The lowest BCUT2D eigenvalue weighted by Gasteiger charge is -2.34. The number of piperazine rings is 1. The zero-order valence-electron chi connectivity index (χ0n) is 15.8. The maximum Gasteiger partial charge on any atom is 0.253 e. The zero-order chi connectivity index (χ0) is 19.7. The predicted molar refractivity (Wildman–Crippen MR) is 108 cm³/mol. The minimum absolute atomic E-state index is 0.00990. The SMILES string of the molecule is Cc1c2cc(N)ccc2nn1CC(=O)N1CCN(C(=O)c2ccccc2)CC1. The number of aryl methyl sites for hydroxylation is 1. The fourth-order valence-electron chi connectivity index (χ4n) is 3.58. The number of benzene rings is 2. The van der Waals surface area contributed by atoms with Crippen LogP contribution in [0.4, 0.5) is 5.69 Å². The molecule has 1 aliphatic rings. The highest BCUT2D eigenvalue weighted by molar-refractivity contribution is 5.94. The summed E-state index contributed by atoms with van der Waals surface area (Å²) in [5, 5.41) is 5.48. The molecular weight excluding hydrogens is 354 g/mol. The van der Waals surface area contributed by atoms with Gasteiger partial charge < -0.3 is 15.5 Å². The molecule has 28 heavy (non-hydrogen) atoms. The third-order valence-electron chi connectivity index (χ3n) is 5.25. The van der Waals surface area contributed by atoms with Gasteiger partial charge in [0.1, 0.15) is 6.54 Å². The van der Waals surface area contributed by atoms with Crippen molar-refractivity contribution in [3.63, 3.8) is 0 Å². The van der Waals surface area contributed by atoms with Gasteiger partial charge in [0, 0.05) is 48.5 Å². The van der Waals surface area contributed by atoms with Crippen LogP contribution in [-0.2, 0) is 11.3 Å². The summed E-state index contributed by atoms with van der Waals surface area (Å²) < 4.78 is 1.73. The van der Waals surface area contributed by atoms with Crippen LogP contribution in [0.15, 0.2) is 48.5 Å². The Hall–Kier alpha value is -3.35. The van der Waals surface area contributed by atoms with Gasteiger partial charge in [-0.2, -0.15) is 5.10 Å².